The van der Waals surface area contributed by atoms with Crippen LogP contribution in [0, 0.1) is 0 Å². The van der Waals surface area contributed by atoms with Crippen LogP contribution in [0.2, 0.25) is 10.0 Å². The molecule has 0 radical (unpaired) electrons. The molecule has 1 amide bonds. The Hall–Kier alpha value is -2.42. The Balaban J connectivity index is 0.000000231. The van der Waals surface area contributed by atoms with Crippen molar-refractivity contribution in [3.05, 3.63) is 80.8 Å². The Bertz CT molecular complexity index is 1230. The fourth-order valence-corrected chi connectivity index (χ4v) is 6.09. The second-order valence-electron chi connectivity index (χ2n) is 10.8. The van der Waals surface area contributed by atoms with Gasteiger partial charge in [0, 0.05) is 30.5 Å². The molecule has 2 aromatic carbocycles. The van der Waals surface area contributed by atoms with E-state index in [1.165, 1.54) is 23.6 Å². The first-order valence-corrected chi connectivity index (χ1v) is 15.7. The fourth-order valence-electron chi connectivity index (χ4n) is 5.79. The maximum atomic E-state index is 12.0. The van der Waals surface area contributed by atoms with Crippen LogP contribution >= 0.6 is 23.2 Å². The standard InChI is InChI=1S/C17H17Cl2N.C16H28N2O4/c1-20-17-9-7-12(13-4-2-3-5-14(13)17)11-6-8-15(18)16(19)10-11;1-5-12(6-2)22-14-9-11(16(20)21-7-3)8-13(17)15(14)18-10(4)19/h2-6,8,10,12,17,20H,7,9H2,1H3;9,12-15H,5-8,17H2,1-4H3,(H,18,19)/t12-,17-;13-,14+,15+/m00/s1. The zero-order valence-corrected chi connectivity index (χ0v) is 26.8. The van der Waals surface area contributed by atoms with E-state index in [0.29, 0.717) is 40.6 Å². The minimum atomic E-state index is -0.419. The molecule has 230 valence electrons. The van der Waals surface area contributed by atoms with Crippen molar-refractivity contribution < 1.29 is 19.1 Å². The van der Waals surface area contributed by atoms with Gasteiger partial charge in [0.15, 0.2) is 0 Å². The summed E-state index contributed by atoms with van der Waals surface area (Å²) in [5, 5.41) is 7.50. The van der Waals surface area contributed by atoms with Crippen LogP contribution < -0.4 is 16.4 Å². The number of carbonyl (C=O) groups is 2. The lowest BCUT2D eigenvalue weighted by Crippen LogP contribution is -2.57. The number of fused-ring (bicyclic) bond motifs is 1. The summed E-state index contributed by atoms with van der Waals surface area (Å²) in [6.07, 6.45) is 5.74. The molecule has 2 aliphatic rings. The summed E-state index contributed by atoms with van der Waals surface area (Å²) in [4.78, 5) is 23.4. The number of ether oxygens (including phenoxy) is 2. The lowest BCUT2D eigenvalue weighted by molar-refractivity contribution is -0.139. The summed E-state index contributed by atoms with van der Waals surface area (Å²) in [6, 6.07) is 14.4. The normalized spacial score (nSPS) is 23.3. The first-order valence-electron chi connectivity index (χ1n) is 14.9. The number of nitrogens with one attached hydrogen (secondary N) is 2. The molecule has 0 heterocycles. The molecule has 0 unspecified atom stereocenters. The maximum Gasteiger partial charge on any atom is 0.333 e. The molecule has 4 N–H and O–H groups in total. The van der Waals surface area contributed by atoms with Crippen LogP contribution in [0.25, 0.3) is 0 Å². The Labute approximate surface area is 260 Å². The van der Waals surface area contributed by atoms with Crippen LogP contribution in [0.1, 0.15) is 88.4 Å². The molecular weight excluding hydrogens is 573 g/mol. The number of amides is 1. The van der Waals surface area contributed by atoms with Gasteiger partial charge >= 0.3 is 5.97 Å². The summed E-state index contributed by atoms with van der Waals surface area (Å²) < 4.78 is 11.1. The van der Waals surface area contributed by atoms with Crippen molar-refractivity contribution in [2.45, 2.75) is 96.1 Å². The molecule has 0 aliphatic heterocycles. The third-order valence-corrected chi connectivity index (χ3v) is 8.73. The summed E-state index contributed by atoms with van der Waals surface area (Å²) in [7, 11) is 2.03. The van der Waals surface area contributed by atoms with Crippen LogP contribution in [0.5, 0.6) is 0 Å². The molecule has 0 saturated heterocycles. The van der Waals surface area contributed by atoms with Gasteiger partial charge in [0.05, 0.1) is 34.9 Å². The molecule has 7 nitrogen and oxygen atoms in total. The Morgan fingerprint density at radius 3 is 2.31 bits per heavy atom. The van der Waals surface area contributed by atoms with E-state index in [0.717, 1.165) is 25.7 Å². The van der Waals surface area contributed by atoms with Crippen LogP contribution in [0.3, 0.4) is 0 Å². The molecule has 0 fully saturated rings. The van der Waals surface area contributed by atoms with E-state index in [-0.39, 0.29) is 30.1 Å². The summed E-state index contributed by atoms with van der Waals surface area (Å²) in [5.74, 6) is -0.116. The number of rotatable bonds is 9. The van der Waals surface area contributed by atoms with Gasteiger partial charge in [0.2, 0.25) is 5.91 Å². The predicted molar refractivity (Wildman–Crippen MR) is 170 cm³/mol. The second-order valence-corrected chi connectivity index (χ2v) is 11.6. The highest BCUT2D eigenvalue weighted by Gasteiger charge is 2.36. The third kappa shape index (κ3) is 8.80. The monoisotopic (exact) mass is 617 g/mol. The molecule has 0 aromatic heterocycles. The first-order chi connectivity index (χ1) is 20.1. The van der Waals surface area contributed by atoms with Crippen molar-refractivity contribution in [2.24, 2.45) is 5.73 Å². The van der Waals surface area contributed by atoms with E-state index in [2.05, 4.69) is 41.0 Å². The topological polar surface area (TPSA) is 103 Å². The molecule has 42 heavy (non-hydrogen) atoms. The lowest BCUT2D eigenvalue weighted by Gasteiger charge is -2.36. The van der Waals surface area contributed by atoms with Crippen molar-refractivity contribution >= 4 is 35.1 Å². The van der Waals surface area contributed by atoms with Gasteiger partial charge in [-0.3, -0.25) is 4.79 Å². The number of benzene rings is 2. The summed E-state index contributed by atoms with van der Waals surface area (Å²) in [5.41, 5.74) is 10.7. The Morgan fingerprint density at radius 1 is 1.02 bits per heavy atom. The minimum Gasteiger partial charge on any atom is -0.463 e. The number of esters is 1. The molecule has 2 aromatic rings. The van der Waals surface area contributed by atoms with E-state index >= 15 is 0 Å². The average Bonchev–Trinajstić information content (AvgIpc) is 2.98. The van der Waals surface area contributed by atoms with Crippen molar-refractivity contribution in [3.8, 4) is 0 Å². The van der Waals surface area contributed by atoms with Crippen molar-refractivity contribution in [3.63, 3.8) is 0 Å². The predicted octanol–water partition coefficient (Wildman–Crippen LogP) is 6.47. The quantitative estimate of drug-likeness (QED) is 0.279. The van der Waals surface area contributed by atoms with Crippen molar-refractivity contribution in [1.82, 2.24) is 10.6 Å². The third-order valence-electron chi connectivity index (χ3n) is 7.99. The van der Waals surface area contributed by atoms with Crippen LogP contribution in [0.15, 0.2) is 54.1 Å². The largest absolute Gasteiger partial charge is 0.463 e. The van der Waals surface area contributed by atoms with Gasteiger partial charge in [0.1, 0.15) is 0 Å². The zero-order chi connectivity index (χ0) is 30.8. The molecule has 4 rings (SSSR count). The molecule has 0 spiro atoms. The maximum absolute atomic E-state index is 12.0. The van der Waals surface area contributed by atoms with E-state index < -0.39 is 6.10 Å². The summed E-state index contributed by atoms with van der Waals surface area (Å²) >= 11 is 12.2. The average molecular weight is 619 g/mol. The van der Waals surface area contributed by atoms with E-state index in [1.54, 1.807) is 13.0 Å². The van der Waals surface area contributed by atoms with Gasteiger partial charge < -0.3 is 25.8 Å². The van der Waals surface area contributed by atoms with Gasteiger partial charge in [0.25, 0.3) is 0 Å². The van der Waals surface area contributed by atoms with Crippen LogP contribution in [-0.4, -0.2) is 49.8 Å². The number of carbonyl (C=O) groups excluding carboxylic acids is 2. The molecule has 9 heteroatoms. The van der Waals surface area contributed by atoms with E-state index in [9.17, 15) is 9.59 Å². The smallest absolute Gasteiger partial charge is 0.333 e. The number of halogens is 2. The Morgan fingerprint density at radius 2 is 1.71 bits per heavy atom. The SMILES string of the molecule is CCOC(=O)C1=C[C@@H](OC(CC)CC)[C@H](NC(C)=O)[C@@H](N)C1.CN[C@H]1CC[C@@H](c2ccc(Cl)c(Cl)c2)c2ccccc21. The van der Waals surface area contributed by atoms with E-state index in [4.69, 9.17) is 38.4 Å². The minimum absolute atomic E-state index is 0.0613. The van der Waals surface area contributed by atoms with Gasteiger partial charge in [-0.1, -0.05) is 67.4 Å². The first kappa shape index (κ1) is 34.1. The highest BCUT2D eigenvalue weighted by molar-refractivity contribution is 6.42. The number of nitrogens with two attached hydrogens (primary N) is 1. The van der Waals surface area contributed by atoms with Gasteiger partial charge in [-0.05, 0) is 81.0 Å². The molecule has 5 atom stereocenters. The van der Waals surface area contributed by atoms with Gasteiger partial charge in [-0.15, -0.1) is 0 Å². The molecular formula is C33H45Cl2N3O4. The van der Waals surface area contributed by atoms with Gasteiger partial charge in [-0.2, -0.15) is 0 Å². The highest BCUT2D eigenvalue weighted by Crippen LogP contribution is 2.42. The fraction of sp³-hybridized carbons (Fsp3) is 0.515. The van der Waals surface area contributed by atoms with Crippen molar-refractivity contribution in [2.75, 3.05) is 13.7 Å². The molecule has 2 aliphatic carbocycles. The highest BCUT2D eigenvalue weighted by atomic mass is 35.5. The van der Waals surface area contributed by atoms with Crippen LogP contribution in [-0.2, 0) is 19.1 Å². The molecule has 0 bridgehead atoms. The van der Waals surface area contributed by atoms with Gasteiger partial charge in [-0.25, -0.2) is 4.79 Å². The number of hydrogen-bond donors (Lipinski definition) is 3. The summed E-state index contributed by atoms with van der Waals surface area (Å²) in [6.45, 7) is 7.62. The Kier molecular flexibility index (Phi) is 13.3. The lowest BCUT2D eigenvalue weighted by atomic mass is 9.77. The second kappa shape index (κ2) is 16.4. The zero-order valence-electron chi connectivity index (χ0n) is 25.3. The van der Waals surface area contributed by atoms with Crippen LogP contribution in [0.4, 0.5) is 0 Å². The van der Waals surface area contributed by atoms with E-state index in [1.807, 2.05) is 33.0 Å². The van der Waals surface area contributed by atoms with Crippen molar-refractivity contribution in [1.29, 1.82) is 0 Å². The number of hydrogen-bond acceptors (Lipinski definition) is 6. The molecule has 0 saturated carbocycles.